The third kappa shape index (κ3) is 3.95. The summed E-state index contributed by atoms with van der Waals surface area (Å²) in [6, 6.07) is 6.00. The first-order valence-corrected chi connectivity index (χ1v) is 6.68. The molecule has 0 aromatic heterocycles. The summed E-state index contributed by atoms with van der Waals surface area (Å²) in [5, 5.41) is -0.159. The molecule has 0 aliphatic carbocycles. The lowest BCUT2D eigenvalue weighted by atomic mass is 9.99. The van der Waals surface area contributed by atoms with Crippen LogP contribution in [0, 0.1) is 0 Å². The molecule has 0 saturated heterocycles. The number of ketones is 1. The predicted octanol–water partition coefficient (Wildman–Crippen LogP) is 4.37. The van der Waals surface area contributed by atoms with E-state index in [-0.39, 0.29) is 5.78 Å². The van der Waals surface area contributed by atoms with Crippen LogP contribution in [0.15, 0.2) is 24.3 Å². The zero-order valence-corrected chi connectivity index (χ0v) is 12.9. The fourth-order valence-electron chi connectivity index (χ4n) is 2.00. The van der Waals surface area contributed by atoms with Gasteiger partial charge in [-0.15, -0.1) is 0 Å². The van der Waals surface area contributed by atoms with Crippen molar-refractivity contribution in [2.24, 2.45) is 0 Å². The van der Waals surface area contributed by atoms with E-state index in [2.05, 4.69) is 0 Å². The Bertz CT molecular complexity index is 494. The minimum atomic E-state index is -0.650. The summed E-state index contributed by atoms with van der Waals surface area (Å²) in [6.45, 7) is 7.15. The number of hydrogen-bond donors (Lipinski definition) is 0. The van der Waals surface area contributed by atoms with Gasteiger partial charge in [-0.2, -0.15) is 0 Å². The maximum atomic E-state index is 12.4. The van der Waals surface area contributed by atoms with E-state index >= 15 is 0 Å². The Balaban J connectivity index is 3.07. The Labute approximate surface area is 123 Å². The highest BCUT2D eigenvalue weighted by molar-refractivity contribution is 6.63. The molecule has 5 heteroatoms. The van der Waals surface area contributed by atoms with Gasteiger partial charge >= 0.3 is 5.37 Å². The number of carbonyl (C=O) groups is 2. The number of hydrogen-bond acceptors (Lipinski definition) is 2. The van der Waals surface area contributed by atoms with Crippen molar-refractivity contribution < 1.29 is 9.59 Å². The molecule has 0 heterocycles. The van der Waals surface area contributed by atoms with Crippen molar-refractivity contribution in [2.75, 3.05) is 0 Å². The Morgan fingerprint density at radius 1 is 1.26 bits per heavy atom. The van der Waals surface area contributed by atoms with Gasteiger partial charge in [-0.3, -0.25) is 9.59 Å². The van der Waals surface area contributed by atoms with E-state index in [1.54, 1.807) is 31.2 Å². The van der Waals surface area contributed by atoms with Gasteiger partial charge in [-0.05, 0) is 51.4 Å². The first-order valence-electron chi connectivity index (χ1n) is 5.93. The lowest BCUT2D eigenvalue weighted by molar-refractivity contribution is 0.0773. The van der Waals surface area contributed by atoms with Crippen molar-refractivity contribution in [1.29, 1.82) is 0 Å². The van der Waals surface area contributed by atoms with Crippen LogP contribution < -0.4 is 0 Å². The molecule has 0 aliphatic rings. The number of amides is 1. The van der Waals surface area contributed by atoms with E-state index in [9.17, 15) is 9.59 Å². The van der Waals surface area contributed by atoms with Crippen LogP contribution in [-0.2, 0) is 0 Å². The van der Waals surface area contributed by atoms with Gasteiger partial charge in [0.15, 0.2) is 5.78 Å². The Morgan fingerprint density at radius 3 is 2.26 bits per heavy atom. The van der Waals surface area contributed by atoms with E-state index in [4.69, 9.17) is 23.2 Å². The largest absolute Gasteiger partial charge is 0.317 e. The maximum Gasteiger partial charge on any atom is 0.317 e. The van der Waals surface area contributed by atoms with E-state index in [1.165, 1.54) is 4.90 Å². The molecule has 3 nitrogen and oxygen atoms in total. The van der Waals surface area contributed by atoms with Crippen molar-refractivity contribution in [3.05, 3.63) is 34.9 Å². The van der Waals surface area contributed by atoms with Gasteiger partial charge in [0.05, 0.1) is 6.04 Å². The van der Waals surface area contributed by atoms with Crippen molar-refractivity contribution >= 4 is 34.4 Å². The van der Waals surface area contributed by atoms with Crippen LogP contribution in [0.2, 0.25) is 5.02 Å². The fourth-order valence-corrected chi connectivity index (χ4v) is 2.59. The third-order valence-corrected chi connectivity index (χ3v) is 3.21. The van der Waals surface area contributed by atoms with Gasteiger partial charge in [0, 0.05) is 16.1 Å². The second kappa shape index (κ2) is 5.93. The van der Waals surface area contributed by atoms with E-state index < -0.39 is 16.9 Å². The van der Waals surface area contributed by atoms with Crippen LogP contribution >= 0.6 is 23.2 Å². The molecule has 0 saturated carbocycles. The van der Waals surface area contributed by atoms with Crippen molar-refractivity contribution in [1.82, 2.24) is 4.90 Å². The standard InChI is InChI=1S/C14H17Cl2NO2/c1-9(17(13(16)19)14(2,3)4)12(18)10-6-5-7-11(15)8-10/h5-9H,1-4H3. The molecule has 1 aromatic rings. The number of halogens is 2. The molecule has 1 unspecified atom stereocenters. The molecule has 0 fully saturated rings. The molecule has 104 valence electrons. The fraction of sp³-hybridized carbons (Fsp3) is 0.429. The number of benzene rings is 1. The molecule has 0 N–H and O–H groups in total. The van der Waals surface area contributed by atoms with Crippen LogP contribution in [0.25, 0.3) is 0 Å². The normalized spacial score (nSPS) is 12.9. The van der Waals surface area contributed by atoms with Crippen molar-refractivity contribution in [2.45, 2.75) is 39.3 Å². The SMILES string of the molecule is CC(C(=O)c1cccc(Cl)c1)N(C(=O)Cl)C(C)(C)C. The predicted molar refractivity (Wildman–Crippen MR) is 78.1 cm³/mol. The first-order chi connectivity index (χ1) is 8.64. The number of carbonyl (C=O) groups excluding carboxylic acids is 2. The highest BCUT2D eigenvalue weighted by atomic mass is 35.5. The lowest BCUT2D eigenvalue weighted by Crippen LogP contribution is -2.51. The summed E-state index contributed by atoms with van der Waals surface area (Å²) in [7, 11) is 0. The topological polar surface area (TPSA) is 37.4 Å². The molecule has 19 heavy (non-hydrogen) atoms. The molecule has 1 rings (SSSR count). The second-order valence-corrected chi connectivity index (χ2v) is 6.10. The van der Waals surface area contributed by atoms with E-state index in [1.807, 2.05) is 20.8 Å². The minimum absolute atomic E-state index is 0.188. The first kappa shape index (κ1) is 16.0. The molecule has 1 atom stereocenters. The van der Waals surface area contributed by atoms with Crippen LogP contribution in [0.1, 0.15) is 38.1 Å². The molecular weight excluding hydrogens is 285 g/mol. The molecular formula is C14H17Cl2NO2. The van der Waals surface area contributed by atoms with Crippen LogP contribution in [0.5, 0.6) is 0 Å². The van der Waals surface area contributed by atoms with Gasteiger partial charge in [-0.25, -0.2) is 0 Å². The monoisotopic (exact) mass is 301 g/mol. The zero-order valence-electron chi connectivity index (χ0n) is 11.4. The Hall–Kier alpha value is -1.06. The number of Topliss-reactive ketones (excluding diaryl/α,β-unsaturated/α-hetero) is 1. The summed E-state index contributed by atoms with van der Waals surface area (Å²) in [6.07, 6.45) is 0. The smallest absolute Gasteiger partial charge is 0.314 e. The van der Waals surface area contributed by atoms with Gasteiger partial charge in [0.25, 0.3) is 0 Å². The molecule has 0 aliphatic heterocycles. The molecule has 0 bridgehead atoms. The molecule has 1 amide bonds. The number of rotatable bonds is 3. The highest BCUT2D eigenvalue weighted by Gasteiger charge is 2.34. The lowest BCUT2D eigenvalue weighted by Gasteiger charge is -2.37. The zero-order chi connectivity index (χ0) is 14.8. The second-order valence-electron chi connectivity index (χ2n) is 5.34. The van der Waals surface area contributed by atoms with Gasteiger partial charge in [0.1, 0.15) is 0 Å². The third-order valence-electron chi connectivity index (χ3n) is 2.79. The van der Waals surface area contributed by atoms with Gasteiger partial charge < -0.3 is 4.90 Å². The van der Waals surface area contributed by atoms with Crippen LogP contribution in [-0.4, -0.2) is 27.6 Å². The average Bonchev–Trinajstić information content (AvgIpc) is 2.25. The molecule has 0 spiro atoms. The van der Waals surface area contributed by atoms with E-state index in [0.717, 1.165) is 0 Å². The summed E-state index contributed by atoms with van der Waals surface area (Å²) >= 11 is 11.5. The highest BCUT2D eigenvalue weighted by Crippen LogP contribution is 2.22. The molecule has 1 aromatic carbocycles. The van der Waals surface area contributed by atoms with Gasteiger partial charge in [0.2, 0.25) is 0 Å². The van der Waals surface area contributed by atoms with Crippen molar-refractivity contribution in [3.63, 3.8) is 0 Å². The number of nitrogens with zero attached hydrogens (tertiary/aromatic N) is 1. The maximum absolute atomic E-state index is 12.4. The summed E-state index contributed by atoms with van der Waals surface area (Å²) < 4.78 is 0. The average molecular weight is 302 g/mol. The van der Waals surface area contributed by atoms with Crippen LogP contribution in [0.3, 0.4) is 0 Å². The van der Waals surface area contributed by atoms with Crippen LogP contribution in [0.4, 0.5) is 4.79 Å². The Morgan fingerprint density at radius 2 is 1.84 bits per heavy atom. The van der Waals surface area contributed by atoms with Gasteiger partial charge in [-0.1, -0.05) is 23.7 Å². The molecule has 0 radical (unpaired) electrons. The summed E-state index contributed by atoms with van der Waals surface area (Å²) in [5.74, 6) is -0.188. The van der Waals surface area contributed by atoms with E-state index in [0.29, 0.717) is 10.6 Å². The Kier molecular flexibility index (Phi) is 4.99. The minimum Gasteiger partial charge on any atom is -0.314 e. The van der Waals surface area contributed by atoms with Crippen molar-refractivity contribution in [3.8, 4) is 0 Å². The summed E-state index contributed by atoms with van der Waals surface area (Å²) in [5.41, 5.74) is -0.0703. The summed E-state index contributed by atoms with van der Waals surface area (Å²) in [4.78, 5) is 25.3. The quantitative estimate of drug-likeness (QED) is 0.472.